The third-order valence-electron chi connectivity index (χ3n) is 10.7. The topological polar surface area (TPSA) is 200 Å². The Balaban J connectivity index is 0.000000363. The molecule has 6 aromatic carbocycles. The van der Waals surface area contributed by atoms with Crippen LogP contribution in [-0.4, -0.2) is 112 Å². The molecule has 0 aliphatic heterocycles. The fourth-order valence-electron chi connectivity index (χ4n) is 6.63. The molecule has 6 aromatic rings. The molecule has 424 valence electrons. The highest BCUT2D eigenvalue weighted by atomic mass is 31.2. The van der Waals surface area contributed by atoms with E-state index in [1.54, 1.807) is 84.7 Å². The number of aromatic hydroxyl groups is 2. The molecule has 0 radical (unpaired) electrons. The zero-order valence-electron chi connectivity index (χ0n) is 46.0. The van der Waals surface area contributed by atoms with Crippen LogP contribution in [0, 0.1) is 0 Å². The van der Waals surface area contributed by atoms with Crippen molar-refractivity contribution in [2.45, 2.75) is 26.8 Å². The van der Waals surface area contributed by atoms with Gasteiger partial charge in [-0.25, -0.2) is 19.6 Å². The van der Waals surface area contributed by atoms with Gasteiger partial charge in [0.2, 0.25) is 0 Å². The van der Waals surface area contributed by atoms with Gasteiger partial charge in [-0.3, -0.25) is 4.79 Å². The van der Waals surface area contributed by atoms with E-state index in [9.17, 15) is 33.3 Å². The van der Waals surface area contributed by atoms with E-state index < -0.39 is 28.6 Å². The molecule has 78 heavy (non-hydrogen) atoms. The lowest BCUT2D eigenvalue weighted by Crippen LogP contribution is -2.03. The largest absolute Gasteiger partial charge is 0.504 e. The predicted octanol–water partition coefficient (Wildman–Crippen LogP) is 12.9. The van der Waals surface area contributed by atoms with Crippen LogP contribution in [0.5, 0.6) is 23.0 Å². The Hall–Kier alpha value is -5.65. The summed E-state index contributed by atoms with van der Waals surface area (Å²) in [5.41, 5.74) is 7.03. The number of phenols is 2. The van der Waals surface area contributed by atoms with Crippen molar-refractivity contribution in [2.75, 3.05) is 95.3 Å². The Bertz CT molecular complexity index is 3020. The second-order valence-corrected chi connectivity index (χ2v) is 32.0. The van der Waals surface area contributed by atoms with Gasteiger partial charge in [-0.1, -0.05) is 135 Å². The average Bonchev–Trinajstić information content (AvgIpc) is 3.38. The van der Waals surface area contributed by atoms with E-state index in [0.29, 0.717) is 23.2 Å². The van der Waals surface area contributed by atoms with Gasteiger partial charge >= 0.3 is 0 Å². The highest BCUT2D eigenvalue weighted by Crippen LogP contribution is 2.41. The molecule has 0 aliphatic carbocycles. The Morgan fingerprint density at radius 1 is 0.436 bits per heavy atom. The quantitative estimate of drug-likeness (QED) is 0.0124. The molecule has 0 heterocycles. The Morgan fingerprint density at radius 3 is 1.14 bits per heavy atom. The lowest BCUT2D eigenvalue weighted by molar-refractivity contribution is -0.282. The van der Waals surface area contributed by atoms with Crippen molar-refractivity contribution in [1.29, 1.82) is 0 Å². The van der Waals surface area contributed by atoms with Gasteiger partial charge < -0.3 is 47.4 Å². The Labute approximate surface area is 461 Å². The van der Waals surface area contributed by atoms with Gasteiger partial charge in [-0.15, -0.1) is 0 Å². The van der Waals surface area contributed by atoms with Gasteiger partial charge in [-0.2, -0.15) is 0 Å². The van der Waals surface area contributed by atoms with Gasteiger partial charge in [0.05, 0.1) is 21.4 Å². The molecule has 6 rings (SSSR count). The number of phenolic OH excluding ortho intramolecular Hbond substituents is 2. The van der Waals surface area contributed by atoms with E-state index in [0.717, 1.165) is 61.1 Å². The SMILES string of the molecule is C.COCOc1cc(C=Cc2ccc(P(C)(C)=O)cc2)ccc1COOC.COCOc1cc(C=O)ccc1COOC.CP(C)(=O)Cc1ccc(P(C)(C)=O)cc1.CP(C)(=O)c1ccc(C=Cc2ccc(O)c(O)c2)cc1. The van der Waals surface area contributed by atoms with E-state index in [-0.39, 0.29) is 45.7 Å². The maximum atomic E-state index is 12.1. The zero-order valence-corrected chi connectivity index (χ0v) is 49.6. The molecule has 0 unspecified atom stereocenters. The van der Waals surface area contributed by atoms with Crippen LogP contribution in [0.2, 0.25) is 0 Å². The Kier molecular flexibility index (Phi) is 29.6. The maximum absolute atomic E-state index is 12.1. The summed E-state index contributed by atoms with van der Waals surface area (Å²) >= 11 is 0. The number of carbonyl (C=O) groups excluding carboxylic acids is 1. The smallest absolute Gasteiger partial charge is 0.188 e. The number of ether oxygens (including phenoxy) is 4. The van der Waals surface area contributed by atoms with Crippen LogP contribution < -0.4 is 25.4 Å². The van der Waals surface area contributed by atoms with Gasteiger partial charge in [0.15, 0.2) is 25.1 Å². The summed E-state index contributed by atoms with van der Waals surface area (Å²) in [4.78, 5) is 29.6. The molecule has 2 N–H and O–H groups in total. The molecule has 0 aliphatic rings. The summed E-state index contributed by atoms with van der Waals surface area (Å²) < 4.78 is 68.0. The summed E-state index contributed by atoms with van der Waals surface area (Å²) in [6.45, 7) is 14.9. The first-order valence-corrected chi connectivity index (χ1v) is 34.5. The van der Waals surface area contributed by atoms with Gasteiger partial charge in [0.1, 0.15) is 52.4 Å². The lowest BCUT2D eigenvalue weighted by atomic mass is 10.1. The molecule has 0 fully saturated rings. The molecule has 0 spiro atoms. The first kappa shape index (κ1) is 68.5. The normalized spacial score (nSPS) is 11.5. The van der Waals surface area contributed by atoms with E-state index in [1.807, 2.05) is 115 Å². The maximum Gasteiger partial charge on any atom is 0.188 e. The van der Waals surface area contributed by atoms with E-state index >= 15 is 0 Å². The first-order chi connectivity index (χ1) is 36.3. The minimum atomic E-state index is -2.22. The number of hydrogen-bond donors (Lipinski definition) is 2. The van der Waals surface area contributed by atoms with Crippen molar-refractivity contribution in [3.05, 3.63) is 172 Å². The number of methoxy groups -OCH3 is 2. The summed E-state index contributed by atoms with van der Waals surface area (Å²) in [5.74, 6) is 0.955. The number of rotatable bonds is 22. The highest BCUT2D eigenvalue weighted by molar-refractivity contribution is 7.70. The van der Waals surface area contributed by atoms with Crippen LogP contribution in [0.3, 0.4) is 0 Å². The summed E-state index contributed by atoms with van der Waals surface area (Å²) in [7, 11) is -2.62. The molecule has 0 atom stereocenters. The molecule has 0 amide bonds. The number of carbonyl (C=O) groups is 1. The van der Waals surface area contributed by atoms with Crippen LogP contribution in [0.25, 0.3) is 24.3 Å². The predicted molar refractivity (Wildman–Crippen MR) is 321 cm³/mol. The molecule has 0 saturated heterocycles. The molecule has 19 heteroatoms. The fourth-order valence-corrected chi connectivity index (χ4v) is 10.3. The minimum Gasteiger partial charge on any atom is -0.504 e. The van der Waals surface area contributed by atoms with Crippen molar-refractivity contribution in [1.82, 2.24) is 0 Å². The second-order valence-electron chi connectivity index (χ2n) is 18.9. The van der Waals surface area contributed by atoms with Crippen LogP contribution in [0.4, 0.5) is 0 Å². The minimum absolute atomic E-state index is 0. The van der Waals surface area contributed by atoms with Crippen molar-refractivity contribution in [2.24, 2.45) is 0 Å². The van der Waals surface area contributed by atoms with Gasteiger partial charge in [0.25, 0.3) is 0 Å². The lowest BCUT2D eigenvalue weighted by Gasteiger charge is -2.11. The monoisotopic (exact) mass is 1150 g/mol. The van der Waals surface area contributed by atoms with Crippen molar-refractivity contribution < 1.29 is 71.8 Å². The molecule has 0 aromatic heterocycles. The zero-order chi connectivity index (χ0) is 57.2. The number of aldehydes is 1. The molecule has 0 bridgehead atoms. The number of hydrogen-bond acceptors (Lipinski definition) is 15. The van der Waals surface area contributed by atoms with Crippen LogP contribution in [0.1, 0.15) is 56.7 Å². The third kappa shape index (κ3) is 25.9. The van der Waals surface area contributed by atoms with E-state index in [2.05, 4.69) is 9.78 Å². The van der Waals surface area contributed by atoms with Crippen molar-refractivity contribution in [3.63, 3.8) is 0 Å². The highest BCUT2D eigenvalue weighted by Gasteiger charge is 2.14. The van der Waals surface area contributed by atoms with Crippen LogP contribution in [0.15, 0.2) is 127 Å². The summed E-state index contributed by atoms with van der Waals surface area (Å²) in [6, 6.07) is 38.5. The van der Waals surface area contributed by atoms with Crippen molar-refractivity contribution in [3.8, 4) is 23.0 Å². The second kappa shape index (κ2) is 33.7. The van der Waals surface area contributed by atoms with Gasteiger partial charge in [-0.05, 0) is 105 Å². The number of benzene rings is 6. The molecule has 0 saturated carbocycles. The molecule has 15 nitrogen and oxygen atoms in total. The standard InChI is InChI=1S/C20H25O5P.C16H17O3P.C11H14O5.C11H18O2P2.CH4/c1-22-15-24-20-13-17(7-10-18(20)14-25-23-2)6-5-16-8-11-19(12-9-16)26(3,4)21;1-20(2,19)14-8-5-12(6-9-14)3-4-13-7-10-15(17)16(18)11-13;1-13-8-15-11-5-9(6-12)3-4-10(11)7-16-14-2;1-14(2,12)9-10-5-7-11(8-6-10)15(3,4)13;/h5-13H,14-15H2,1-4H3;3-11,17-18H,1-2H3;3-6H,7-8H2,1-2H3;5-8H,9H2,1-4H3;1H4. The van der Waals surface area contributed by atoms with Crippen LogP contribution >= 0.6 is 28.6 Å². The third-order valence-corrected chi connectivity index (χ3v) is 16.5. The average molecular weight is 1150 g/mol. The van der Waals surface area contributed by atoms with E-state index in [4.69, 9.17) is 28.7 Å². The molecular weight excluding hydrogens is 1070 g/mol. The summed E-state index contributed by atoms with van der Waals surface area (Å²) in [5, 5.41) is 21.3. The summed E-state index contributed by atoms with van der Waals surface area (Å²) in [6.07, 6.45) is 9.09. The van der Waals surface area contributed by atoms with Crippen LogP contribution in [-0.2, 0) is 66.7 Å². The first-order valence-electron chi connectivity index (χ1n) is 23.9. The molecular formula is C59H78O15P4. The van der Waals surface area contributed by atoms with E-state index in [1.165, 1.54) is 33.5 Å². The fraction of sp³-hybridized carbons (Fsp3) is 0.305. The van der Waals surface area contributed by atoms with Crippen molar-refractivity contribution >= 4 is 75.1 Å². The van der Waals surface area contributed by atoms with Gasteiger partial charge in [0, 0.05) is 53.0 Å². The Morgan fingerprint density at radius 2 is 0.782 bits per heavy atom.